The van der Waals surface area contributed by atoms with Gasteiger partial charge in [-0.1, -0.05) is 37.0 Å². The van der Waals surface area contributed by atoms with Crippen molar-refractivity contribution in [3.63, 3.8) is 0 Å². The Labute approximate surface area is 195 Å². The van der Waals surface area contributed by atoms with Crippen LogP contribution in [0.25, 0.3) is 0 Å². The van der Waals surface area contributed by atoms with E-state index >= 15 is 0 Å². The molecule has 0 aromatic carbocycles. The van der Waals surface area contributed by atoms with Gasteiger partial charge in [-0.15, -0.1) is 22.9 Å². The molecule has 1 aromatic heterocycles. The van der Waals surface area contributed by atoms with E-state index in [0.29, 0.717) is 33.6 Å². The van der Waals surface area contributed by atoms with Gasteiger partial charge in [-0.05, 0) is 24.8 Å². The first-order chi connectivity index (χ1) is 14.1. The zero-order valence-electron chi connectivity index (χ0n) is 16.9. The molecule has 6 nitrogen and oxygen atoms in total. The second-order valence-electron chi connectivity index (χ2n) is 7.84. The fraction of sp³-hybridized carbons (Fsp3) is 0.600. The predicted molar refractivity (Wildman–Crippen MR) is 120 cm³/mol. The lowest BCUT2D eigenvalue weighted by molar-refractivity contribution is -0.136. The maximum atomic E-state index is 13.1. The maximum Gasteiger partial charge on any atom is 0.237 e. The van der Waals surface area contributed by atoms with Gasteiger partial charge < -0.3 is 10.2 Å². The third-order valence-electron chi connectivity index (χ3n) is 4.98. The molecule has 0 aliphatic carbocycles. The number of nitrogens with zero attached hydrogens (tertiary/aromatic N) is 1. The largest absolute Gasteiger partial charge is 0.356 e. The van der Waals surface area contributed by atoms with Gasteiger partial charge in [-0.2, -0.15) is 0 Å². The minimum Gasteiger partial charge on any atom is -0.356 e. The fourth-order valence-electron chi connectivity index (χ4n) is 3.45. The lowest BCUT2D eigenvalue weighted by Crippen LogP contribution is -2.43. The first-order valence-corrected chi connectivity index (χ1v) is 11.8. The van der Waals surface area contributed by atoms with Crippen molar-refractivity contribution in [3.8, 4) is 0 Å². The highest BCUT2D eigenvalue weighted by Crippen LogP contribution is 2.33. The number of carbonyl (C=O) groups excluding carboxylic acids is 4. The minimum atomic E-state index is -0.555. The Kier molecular flexibility index (Phi) is 9.60. The number of halogens is 3. The lowest BCUT2D eigenvalue weighted by atomic mass is 9.88. The summed E-state index contributed by atoms with van der Waals surface area (Å²) in [4.78, 5) is 51.7. The molecule has 1 aliphatic heterocycles. The predicted octanol–water partition coefficient (Wildman–Crippen LogP) is 4.06. The van der Waals surface area contributed by atoms with Crippen LogP contribution >= 0.6 is 46.1 Å². The summed E-state index contributed by atoms with van der Waals surface area (Å²) in [6.45, 7) is 4.45. The smallest absolute Gasteiger partial charge is 0.237 e. The first kappa shape index (κ1) is 25.1. The van der Waals surface area contributed by atoms with Crippen molar-refractivity contribution in [3.05, 3.63) is 20.3 Å². The van der Waals surface area contributed by atoms with E-state index in [1.54, 1.807) is 0 Å². The Hall–Kier alpha value is -1.15. The molecular weight excluding hydrogens is 471 g/mol. The summed E-state index contributed by atoms with van der Waals surface area (Å²) in [7, 11) is 0. The molecule has 0 saturated carbocycles. The van der Waals surface area contributed by atoms with Crippen LogP contribution in [0.5, 0.6) is 0 Å². The number of carbonyl (C=O) groups is 4. The van der Waals surface area contributed by atoms with E-state index in [9.17, 15) is 19.2 Å². The van der Waals surface area contributed by atoms with Gasteiger partial charge >= 0.3 is 0 Å². The summed E-state index contributed by atoms with van der Waals surface area (Å²) >= 11 is 18.7. The van der Waals surface area contributed by atoms with Crippen LogP contribution in [0.1, 0.15) is 42.8 Å². The summed E-state index contributed by atoms with van der Waals surface area (Å²) in [5.41, 5.74) is 0. The highest BCUT2D eigenvalue weighted by Gasteiger charge is 2.31. The topological polar surface area (TPSA) is 83.6 Å². The van der Waals surface area contributed by atoms with E-state index in [1.165, 1.54) is 11.0 Å². The van der Waals surface area contributed by atoms with Gasteiger partial charge in [0.25, 0.3) is 0 Å². The zero-order valence-corrected chi connectivity index (χ0v) is 20.0. The number of ketones is 2. The number of hydrogen-bond donors (Lipinski definition) is 1. The highest BCUT2D eigenvalue weighted by atomic mass is 35.5. The van der Waals surface area contributed by atoms with E-state index in [4.69, 9.17) is 34.8 Å². The molecule has 2 heterocycles. The van der Waals surface area contributed by atoms with Gasteiger partial charge in [0.1, 0.15) is 10.2 Å². The molecule has 0 radical (unpaired) electrons. The summed E-state index contributed by atoms with van der Waals surface area (Å²) < 4.78 is 0.334. The molecule has 1 fully saturated rings. The minimum absolute atomic E-state index is 0.0109. The van der Waals surface area contributed by atoms with E-state index in [-0.39, 0.29) is 54.7 Å². The monoisotopic (exact) mass is 494 g/mol. The molecular formula is C20H25Cl3N2O4S. The van der Waals surface area contributed by atoms with Gasteiger partial charge in [0, 0.05) is 25.4 Å². The summed E-state index contributed by atoms with van der Waals surface area (Å²) in [6, 6.07) is 1.51. The molecule has 2 atom stereocenters. The standard InChI is InChI=1S/C20H25Cl3N2O4S/c1-11(2)5-13(6-15(26)17-7-14(22)19(23)30-17)16(27)10-25(18(28)8-21)9-12-3-4-24-20(12)29/h7,11-13H,3-6,8-10H2,1-2H3,(H,24,29)/t12-,13+/m0/s1. The van der Waals surface area contributed by atoms with Crippen molar-refractivity contribution in [1.82, 2.24) is 10.2 Å². The van der Waals surface area contributed by atoms with E-state index in [2.05, 4.69) is 5.32 Å². The lowest BCUT2D eigenvalue weighted by Gasteiger charge is -2.26. The molecule has 1 N–H and O–H groups in total. The Morgan fingerprint density at radius 3 is 2.50 bits per heavy atom. The Morgan fingerprint density at radius 2 is 2.00 bits per heavy atom. The first-order valence-electron chi connectivity index (χ1n) is 9.74. The number of amides is 2. The number of alkyl halides is 1. The van der Waals surface area contributed by atoms with Gasteiger partial charge in [0.2, 0.25) is 11.8 Å². The molecule has 0 bridgehead atoms. The average Bonchev–Trinajstić information content (AvgIpc) is 3.24. The van der Waals surface area contributed by atoms with Gasteiger partial charge in [-0.25, -0.2) is 0 Å². The molecule has 30 heavy (non-hydrogen) atoms. The molecule has 1 aliphatic rings. The van der Waals surface area contributed by atoms with Gasteiger partial charge in [0.15, 0.2) is 11.6 Å². The van der Waals surface area contributed by atoms with E-state index < -0.39 is 11.8 Å². The fourth-order valence-corrected chi connectivity index (χ4v) is 4.93. The number of rotatable bonds is 11. The Balaban J connectivity index is 2.11. The maximum absolute atomic E-state index is 13.1. The summed E-state index contributed by atoms with van der Waals surface area (Å²) in [5.74, 6) is -1.97. The number of nitrogens with one attached hydrogen (secondary N) is 1. The molecule has 0 spiro atoms. The molecule has 0 unspecified atom stereocenters. The zero-order chi connectivity index (χ0) is 22.4. The van der Waals surface area contributed by atoms with Crippen LogP contribution in [0.2, 0.25) is 9.36 Å². The van der Waals surface area contributed by atoms with Crippen LogP contribution in [0.15, 0.2) is 6.07 Å². The summed E-state index contributed by atoms with van der Waals surface area (Å²) in [6.07, 6.45) is 1.12. The highest BCUT2D eigenvalue weighted by molar-refractivity contribution is 7.18. The number of hydrogen-bond acceptors (Lipinski definition) is 5. The molecule has 2 amide bonds. The van der Waals surface area contributed by atoms with Crippen LogP contribution < -0.4 is 5.32 Å². The second kappa shape index (κ2) is 11.5. The van der Waals surface area contributed by atoms with Crippen molar-refractivity contribution in [2.45, 2.75) is 33.1 Å². The van der Waals surface area contributed by atoms with Crippen LogP contribution in [0.4, 0.5) is 0 Å². The quantitative estimate of drug-likeness (QED) is 0.371. The van der Waals surface area contributed by atoms with Crippen LogP contribution in [-0.4, -0.2) is 53.8 Å². The van der Waals surface area contributed by atoms with Crippen molar-refractivity contribution in [2.75, 3.05) is 25.5 Å². The normalized spacial score (nSPS) is 17.1. The van der Waals surface area contributed by atoms with Gasteiger partial charge in [-0.3, -0.25) is 19.2 Å². The third kappa shape index (κ3) is 6.94. The molecule has 1 aromatic rings. The second-order valence-corrected chi connectivity index (χ2v) is 10.2. The van der Waals surface area contributed by atoms with Crippen molar-refractivity contribution < 1.29 is 19.2 Å². The van der Waals surface area contributed by atoms with E-state index in [1.807, 2.05) is 13.8 Å². The van der Waals surface area contributed by atoms with Crippen molar-refractivity contribution >= 4 is 69.5 Å². The van der Waals surface area contributed by atoms with Crippen LogP contribution in [0.3, 0.4) is 0 Å². The van der Waals surface area contributed by atoms with Gasteiger partial charge in [0.05, 0.1) is 22.4 Å². The van der Waals surface area contributed by atoms with Crippen LogP contribution in [-0.2, 0) is 14.4 Å². The molecule has 2 rings (SSSR count). The van der Waals surface area contributed by atoms with Crippen LogP contribution in [0, 0.1) is 17.8 Å². The summed E-state index contributed by atoms with van der Waals surface area (Å²) in [5, 5.41) is 3.04. The Bertz CT molecular complexity index is 792. The molecule has 166 valence electrons. The molecule has 1 saturated heterocycles. The Morgan fingerprint density at radius 1 is 1.30 bits per heavy atom. The SMILES string of the molecule is CC(C)C[C@H](CC(=O)c1cc(Cl)c(Cl)s1)C(=O)CN(C[C@@H]1CCNC1=O)C(=O)CCl. The van der Waals surface area contributed by atoms with E-state index in [0.717, 1.165) is 11.3 Å². The number of Topliss-reactive ketones (excluding diaryl/α,β-unsaturated/α-hetero) is 2. The van der Waals surface area contributed by atoms with Crippen molar-refractivity contribution in [2.24, 2.45) is 17.8 Å². The van der Waals surface area contributed by atoms with Crippen molar-refractivity contribution in [1.29, 1.82) is 0 Å². The average molecular weight is 496 g/mol. The third-order valence-corrected chi connectivity index (χ3v) is 7.12. The molecule has 10 heteroatoms. The number of thiophene rings is 1.